The lowest BCUT2D eigenvalue weighted by molar-refractivity contribution is 0.0957. The molecule has 2 N–H and O–H groups in total. The zero-order valence-electron chi connectivity index (χ0n) is 15.5. The molecule has 1 aromatic heterocycles. The summed E-state index contributed by atoms with van der Waals surface area (Å²) in [5.41, 5.74) is 5.76. The number of amidine groups is 1. The van der Waals surface area contributed by atoms with E-state index in [1.807, 2.05) is 0 Å². The summed E-state index contributed by atoms with van der Waals surface area (Å²) in [5.74, 6) is 3.46. The number of nitrogens with zero attached hydrogens (tertiary/aromatic N) is 2. The number of carbonyl (C=O) groups excluding carboxylic acids is 1. The largest absolute Gasteiger partial charge is 0.386 e. The van der Waals surface area contributed by atoms with Gasteiger partial charge in [0.05, 0.1) is 16.5 Å². The van der Waals surface area contributed by atoms with Gasteiger partial charge in [-0.05, 0) is 53.9 Å². The van der Waals surface area contributed by atoms with E-state index in [1.54, 1.807) is 26.8 Å². The van der Waals surface area contributed by atoms with Crippen LogP contribution in [0.5, 0.6) is 0 Å². The van der Waals surface area contributed by atoms with Gasteiger partial charge in [-0.2, -0.15) is 0 Å². The van der Waals surface area contributed by atoms with E-state index in [0.717, 1.165) is 0 Å². The van der Waals surface area contributed by atoms with Crippen LogP contribution in [-0.4, -0.2) is 37.4 Å². The number of nitrogens with two attached hydrogens (primary N) is 1. The van der Waals surface area contributed by atoms with Gasteiger partial charge in [-0.3, -0.25) is 14.0 Å². The van der Waals surface area contributed by atoms with E-state index in [1.165, 1.54) is 24.4 Å². The Balaban J connectivity index is 2.02. The molecular formula is C19H22FN3O3S. The fraction of sp³-hybridized carbons (Fsp3) is 0.368. The van der Waals surface area contributed by atoms with Gasteiger partial charge in [0.1, 0.15) is 11.7 Å². The normalized spacial score (nSPS) is 27.2. The quantitative estimate of drug-likeness (QED) is 0.637. The van der Waals surface area contributed by atoms with Crippen LogP contribution in [0.2, 0.25) is 0 Å². The van der Waals surface area contributed by atoms with Crippen molar-refractivity contribution in [3.05, 3.63) is 53.2 Å². The minimum Gasteiger partial charge on any atom is -0.386 e. The fourth-order valence-electron chi connectivity index (χ4n) is 3.12. The Kier molecular flexibility index (Phi) is 4.50. The molecular weight excluding hydrogens is 369 g/mol. The molecule has 1 aliphatic heterocycles. The maximum absolute atomic E-state index is 14.6. The molecule has 0 saturated heterocycles. The minimum absolute atomic E-state index is 0.0169. The third-order valence-corrected chi connectivity index (χ3v) is 8.21. The standard InChI is InChI=1S/C19H22FN3O3S/c1-18(2)17(21)23-19(3,11-27(18,4)25)13-9-12(5-6-14(13)20)10-15(24)16-7-8-22-26-16/h5-9H,4,10-11H2,1-3H3,(H2,21,23)/t19-,27?/m0/s1. The van der Waals surface area contributed by atoms with Crippen molar-refractivity contribution in [2.24, 2.45) is 10.7 Å². The van der Waals surface area contributed by atoms with E-state index in [2.05, 4.69) is 16.0 Å². The van der Waals surface area contributed by atoms with Gasteiger partial charge >= 0.3 is 0 Å². The summed E-state index contributed by atoms with van der Waals surface area (Å²) >= 11 is 0. The maximum Gasteiger partial charge on any atom is 0.205 e. The van der Waals surface area contributed by atoms with Crippen LogP contribution < -0.4 is 5.73 Å². The van der Waals surface area contributed by atoms with Crippen molar-refractivity contribution in [1.82, 2.24) is 5.16 Å². The molecule has 144 valence electrons. The Morgan fingerprint density at radius 3 is 2.67 bits per heavy atom. The molecule has 0 spiro atoms. The van der Waals surface area contributed by atoms with Crippen molar-refractivity contribution in [2.45, 2.75) is 37.5 Å². The molecule has 1 aliphatic rings. The van der Waals surface area contributed by atoms with E-state index < -0.39 is 25.6 Å². The molecule has 2 heterocycles. The monoisotopic (exact) mass is 391 g/mol. The number of carbonyl (C=O) groups is 1. The number of rotatable bonds is 4. The average molecular weight is 391 g/mol. The van der Waals surface area contributed by atoms with Gasteiger partial charge in [0.15, 0.2) is 0 Å². The molecule has 27 heavy (non-hydrogen) atoms. The number of benzene rings is 1. The molecule has 0 saturated carbocycles. The predicted octanol–water partition coefficient (Wildman–Crippen LogP) is 2.32. The number of hydrogen-bond acceptors (Lipinski definition) is 6. The summed E-state index contributed by atoms with van der Waals surface area (Å²) in [5, 5.41) is 3.51. The molecule has 0 bridgehead atoms. The summed E-state index contributed by atoms with van der Waals surface area (Å²) in [7, 11) is -2.67. The SMILES string of the molecule is C=S1(=O)C[C@@](C)(c2cc(CC(=O)c3ccno3)ccc2F)N=C(N)C1(C)C. The zero-order valence-corrected chi connectivity index (χ0v) is 16.3. The molecule has 3 rings (SSSR count). The van der Waals surface area contributed by atoms with Gasteiger partial charge in [-0.1, -0.05) is 11.2 Å². The lowest BCUT2D eigenvalue weighted by atomic mass is 9.90. The zero-order chi connectivity index (χ0) is 20.0. The molecule has 2 aromatic rings. The van der Waals surface area contributed by atoms with Crippen molar-refractivity contribution >= 4 is 27.0 Å². The van der Waals surface area contributed by atoms with E-state index in [-0.39, 0.29) is 35.1 Å². The first-order valence-electron chi connectivity index (χ1n) is 8.39. The summed E-state index contributed by atoms with van der Waals surface area (Å²) in [6, 6.07) is 5.84. The van der Waals surface area contributed by atoms with Crippen molar-refractivity contribution in [2.75, 3.05) is 5.75 Å². The molecule has 1 aromatic carbocycles. The Labute approximate surface area is 157 Å². The number of aliphatic imine (C=N–C) groups is 1. The molecule has 8 heteroatoms. The van der Waals surface area contributed by atoms with Crippen molar-refractivity contribution in [3.63, 3.8) is 0 Å². The summed E-state index contributed by atoms with van der Waals surface area (Å²) in [4.78, 5) is 16.7. The smallest absolute Gasteiger partial charge is 0.205 e. The Hall–Kier alpha value is -2.48. The van der Waals surface area contributed by atoms with Gasteiger partial charge in [0.2, 0.25) is 11.5 Å². The lowest BCUT2D eigenvalue weighted by Crippen LogP contribution is -2.54. The van der Waals surface area contributed by atoms with E-state index in [4.69, 9.17) is 10.3 Å². The third kappa shape index (κ3) is 3.29. The van der Waals surface area contributed by atoms with Gasteiger partial charge in [0.25, 0.3) is 0 Å². The summed E-state index contributed by atoms with van der Waals surface area (Å²) < 4.78 is 31.8. The molecule has 1 unspecified atom stereocenters. The second-order valence-electron chi connectivity index (χ2n) is 7.53. The first-order chi connectivity index (χ1) is 12.5. The highest BCUT2D eigenvalue weighted by atomic mass is 32.2. The Morgan fingerprint density at radius 2 is 2.07 bits per heavy atom. The van der Waals surface area contributed by atoms with E-state index in [9.17, 15) is 13.4 Å². The van der Waals surface area contributed by atoms with Crippen LogP contribution in [0.25, 0.3) is 0 Å². The number of Topliss-reactive ketones (excluding diaryl/α,β-unsaturated/α-hetero) is 1. The fourth-order valence-corrected chi connectivity index (χ4v) is 5.04. The topological polar surface area (TPSA) is 98.5 Å². The molecule has 0 aliphatic carbocycles. The van der Waals surface area contributed by atoms with E-state index in [0.29, 0.717) is 5.56 Å². The average Bonchev–Trinajstić information content (AvgIpc) is 3.09. The summed E-state index contributed by atoms with van der Waals surface area (Å²) in [6.45, 7) is 5.13. The van der Waals surface area contributed by atoms with Crippen molar-refractivity contribution in [1.29, 1.82) is 0 Å². The third-order valence-electron chi connectivity index (χ3n) is 5.12. The second-order valence-corrected chi connectivity index (χ2v) is 10.5. The lowest BCUT2D eigenvalue weighted by Gasteiger charge is -2.41. The highest BCUT2D eigenvalue weighted by molar-refractivity contribution is 8.02. The number of aromatic nitrogens is 1. The molecule has 6 nitrogen and oxygen atoms in total. The highest BCUT2D eigenvalue weighted by Gasteiger charge is 2.45. The molecule has 0 amide bonds. The molecule has 2 atom stereocenters. The van der Waals surface area contributed by atoms with Crippen LogP contribution in [0.3, 0.4) is 0 Å². The number of halogens is 1. The predicted molar refractivity (Wildman–Crippen MR) is 104 cm³/mol. The van der Waals surface area contributed by atoms with Gasteiger partial charge in [-0.15, -0.1) is 0 Å². The number of ketones is 1. The first kappa shape index (κ1) is 19.3. The Bertz CT molecular complexity index is 1030. The van der Waals surface area contributed by atoms with Crippen molar-refractivity contribution in [3.8, 4) is 0 Å². The van der Waals surface area contributed by atoms with Crippen LogP contribution in [0.4, 0.5) is 4.39 Å². The van der Waals surface area contributed by atoms with Gasteiger partial charge in [0, 0.05) is 23.8 Å². The van der Waals surface area contributed by atoms with Crippen LogP contribution in [0.1, 0.15) is 42.5 Å². The van der Waals surface area contributed by atoms with Crippen LogP contribution >= 0.6 is 0 Å². The summed E-state index contributed by atoms with van der Waals surface area (Å²) in [6.07, 6.45) is 1.40. The van der Waals surface area contributed by atoms with Gasteiger partial charge in [-0.25, -0.2) is 4.39 Å². The highest BCUT2D eigenvalue weighted by Crippen LogP contribution is 2.38. The first-order valence-corrected chi connectivity index (χ1v) is 10.3. The van der Waals surface area contributed by atoms with Crippen LogP contribution in [-0.2, 0) is 21.5 Å². The van der Waals surface area contributed by atoms with Crippen LogP contribution in [0.15, 0.2) is 40.0 Å². The van der Waals surface area contributed by atoms with Crippen molar-refractivity contribution < 1.29 is 17.9 Å². The molecule has 0 radical (unpaired) electrons. The Morgan fingerprint density at radius 1 is 1.37 bits per heavy atom. The maximum atomic E-state index is 14.6. The number of hydrogen-bond donors (Lipinski definition) is 1. The molecule has 0 fully saturated rings. The second kappa shape index (κ2) is 6.30. The van der Waals surface area contributed by atoms with E-state index >= 15 is 0 Å². The minimum atomic E-state index is -2.67. The van der Waals surface area contributed by atoms with Crippen LogP contribution in [0, 0.1) is 5.82 Å². The van der Waals surface area contributed by atoms with Gasteiger partial charge < -0.3 is 10.3 Å².